The highest BCUT2D eigenvalue weighted by atomic mass is 15.2. The summed E-state index contributed by atoms with van der Waals surface area (Å²) in [5.41, 5.74) is 7.73. The number of nitrogens with zero attached hydrogens (tertiary/aromatic N) is 3. The molecule has 0 amide bonds. The van der Waals surface area contributed by atoms with Crippen LogP contribution in [0.2, 0.25) is 0 Å². The van der Waals surface area contributed by atoms with E-state index in [0.717, 1.165) is 17.0 Å². The summed E-state index contributed by atoms with van der Waals surface area (Å²) in [7, 11) is 0. The Balaban J connectivity index is 2.34. The summed E-state index contributed by atoms with van der Waals surface area (Å²) in [4.78, 5) is 4.36. The molecule has 3 N–H and O–H groups in total. The molecule has 0 aromatic carbocycles. The molecule has 0 saturated heterocycles. The van der Waals surface area contributed by atoms with Crippen LogP contribution in [0.15, 0.2) is 18.5 Å². The standard InChI is InChI=1S/C12H19N5/c1-8(2)10(7-13)15-12-11-6-9(3)16-17(11)5-4-14-12/h4-6,8,10H,7,13H2,1-3H3,(H,14,15). The molecule has 0 aliphatic carbocycles. The zero-order valence-electron chi connectivity index (χ0n) is 10.5. The second-order valence-corrected chi connectivity index (χ2v) is 4.62. The summed E-state index contributed by atoms with van der Waals surface area (Å²) in [6, 6.07) is 2.24. The lowest BCUT2D eigenvalue weighted by atomic mass is 10.1. The van der Waals surface area contributed by atoms with Crippen LogP contribution in [0.25, 0.3) is 5.52 Å². The Bertz CT molecular complexity index is 503. The van der Waals surface area contributed by atoms with Gasteiger partial charge >= 0.3 is 0 Å². The number of aryl methyl sites for hydroxylation is 1. The Morgan fingerprint density at radius 1 is 1.47 bits per heavy atom. The Hall–Kier alpha value is -1.62. The van der Waals surface area contributed by atoms with E-state index < -0.39 is 0 Å². The van der Waals surface area contributed by atoms with E-state index >= 15 is 0 Å². The Morgan fingerprint density at radius 3 is 2.88 bits per heavy atom. The number of anilines is 1. The zero-order chi connectivity index (χ0) is 12.4. The molecule has 2 heterocycles. The molecule has 1 unspecified atom stereocenters. The fourth-order valence-electron chi connectivity index (χ4n) is 1.83. The van der Waals surface area contributed by atoms with E-state index in [1.807, 2.05) is 23.7 Å². The van der Waals surface area contributed by atoms with Crippen molar-refractivity contribution in [3.05, 3.63) is 24.2 Å². The number of rotatable bonds is 4. The Kier molecular flexibility index (Phi) is 3.28. The monoisotopic (exact) mass is 233 g/mol. The average molecular weight is 233 g/mol. The van der Waals surface area contributed by atoms with E-state index in [4.69, 9.17) is 5.73 Å². The molecule has 5 nitrogen and oxygen atoms in total. The summed E-state index contributed by atoms with van der Waals surface area (Å²) in [6.45, 7) is 6.85. The molecule has 0 fully saturated rings. The van der Waals surface area contributed by atoms with Crippen molar-refractivity contribution in [3.63, 3.8) is 0 Å². The molecule has 0 radical (unpaired) electrons. The van der Waals surface area contributed by atoms with E-state index in [2.05, 4.69) is 29.2 Å². The summed E-state index contributed by atoms with van der Waals surface area (Å²) in [6.07, 6.45) is 3.59. The third-order valence-electron chi connectivity index (χ3n) is 2.89. The van der Waals surface area contributed by atoms with E-state index in [-0.39, 0.29) is 6.04 Å². The van der Waals surface area contributed by atoms with Crippen LogP contribution in [0.5, 0.6) is 0 Å². The first-order valence-corrected chi connectivity index (χ1v) is 5.89. The number of nitrogens with one attached hydrogen (secondary N) is 1. The highest BCUT2D eigenvalue weighted by Crippen LogP contribution is 2.17. The SMILES string of the molecule is Cc1cc2c(NC(CN)C(C)C)nccn2n1. The lowest BCUT2D eigenvalue weighted by Gasteiger charge is -2.21. The van der Waals surface area contributed by atoms with Crippen molar-refractivity contribution in [2.24, 2.45) is 11.7 Å². The van der Waals surface area contributed by atoms with Gasteiger partial charge in [0, 0.05) is 25.0 Å². The molecular formula is C12H19N5. The molecule has 2 aromatic heterocycles. The minimum absolute atomic E-state index is 0.226. The Labute approximate surface area is 101 Å². The molecule has 2 aromatic rings. The highest BCUT2D eigenvalue weighted by molar-refractivity contribution is 5.68. The zero-order valence-corrected chi connectivity index (χ0v) is 10.5. The summed E-state index contributed by atoms with van der Waals surface area (Å²) >= 11 is 0. The lowest BCUT2D eigenvalue weighted by molar-refractivity contribution is 0.530. The maximum Gasteiger partial charge on any atom is 0.152 e. The number of aromatic nitrogens is 3. The predicted octanol–water partition coefficient (Wildman–Crippen LogP) is 1.43. The van der Waals surface area contributed by atoms with Gasteiger partial charge in [-0.3, -0.25) is 0 Å². The van der Waals surface area contributed by atoms with Crippen molar-refractivity contribution in [2.75, 3.05) is 11.9 Å². The molecule has 0 saturated carbocycles. The molecule has 1 atom stereocenters. The van der Waals surface area contributed by atoms with E-state index in [1.54, 1.807) is 6.20 Å². The van der Waals surface area contributed by atoms with Gasteiger partial charge in [-0.05, 0) is 18.9 Å². The van der Waals surface area contributed by atoms with Crippen LogP contribution in [-0.2, 0) is 0 Å². The molecule has 17 heavy (non-hydrogen) atoms. The van der Waals surface area contributed by atoms with Crippen molar-refractivity contribution in [1.29, 1.82) is 0 Å². The van der Waals surface area contributed by atoms with Gasteiger partial charge in [0.2, 0.25) is 0 Å². The second-order valence-electron chi connectivity index (χ2n) is 4.62. The maximum atomic E-state index is 5.76. The predicted molar refractivity (Wildman–Crippen MR) is 69.0 cm³/mol. The number of hydrogen-bond acceptors (Lipinski definition) is 4. The van der Waals surface area contributed by atoms with Crippen molar-refractivity contribution in [2.45, 2.75) is 26.8 Å². The van der Waals surface area contributed by atoms with E-state index in [0.29, 0.717) is 12.5 Å². The molecule has 92 valence electrons. The van der Waals surface area contributed by atoms with Crippen LogP contribution in [0.1, 0.15) is 19.5 Å². The van der Waals surface area contributed by atoms with Gasteiger partial charge in [-0.2, -0.15) is 5.10 Å². The first-order valence-electron chi connectivity index (χ1n) is 5.89. The van der Waals surface area contributed by atoms with Gasteiger partial charge in [0.1, 0.15) is 5.52 Å². The van der Waals surface area contributed by atoms with Gasteiger partial charge in [0.15, 0.2) is 5.82 Å². The van der Waals surface area contributed by atoms with E-state index in [9.17, 15) is 0 Å². The minimum Gasteiger partial charge on any atom is -0.364 e. The highest BCUT2D eigenvalue weighted by Gasteiger charge is 2.13. The smallest absolute Gasteiger partial charge is 0.152 e. The van der Waals surface area contributed by atoms with E-state index in [1.165, 1.54) is 0 Å². The molecular weight excluding hydrogens is 214 g/mol. The van der Waals surface area contributed by atoms with Crippen LogP contribution in [0.4, 0.5) is 5.82 Å². The third-order valence-corrected chi connectivity index (χ3v) is 2.89. The van der Waals surface area contributed by atoms with Crippen LogP contribution >= 0.6 is 0 Å². The van der Waals surface area contributed by atoms with Crippen LogP contribution < -0.4 is 11.1 Å². The first kappa shape index (κ1) is 11.9. The normalized spacial score (nSPS) is 13.2. The number of nitrogens with two attached hydrogens (primary N) is 1. The van der Waals surface area contributed by atoms with Gasteiger partial charge in [-0.15, -0.1) is 0 Å². The number of hydrogen-bond donors (Lipinski definition) is 2. The van der Waals surface area contributed by atoms with Crippen molar-refractivity contribution in [1.82, 2.24) is 14.6 Å². The molecule has 0 aliphatic heterocycles. The average Bonchev–Trinajstić information content (AvgIpc) is 2.66. The van der Waals surface area contributed by atoms with Crippen molar-refractivity contribution >= 4 is 11.3 Å². The van der Waals surface area contributed by atoms with Crippen LogP contribution in [0, 0.1) is 12.8 Å². The minimum atomic E-state index is 0.226. The summed E-state index contributed by atoms with van der Waals surface area (Å²) in [5, 5.41) is 7.74. The fourth-order valence-corrected chi connectivity index (χ4v) is 1.83. The molecule has 5 heteroatoms. The number of fused-ring (bicyclic) bond motifs is 1. The van der Waals surface area contributed by atoms with Gasteiger partial charge in [0.25, 0.3) is 0 Å². The quantitative estimate of drug-likeness (QED) is 0.838. The summed E-state index contributed by atoms with van der Waals surface area (Å²) in [5.74, 6) is 1.31. The van der Waals surface area contributed by atoms with Crippen molar-refractivity contribution < 1.29 is 0 Å². The Morgan fingerprint density at radius 2 is 2.24 bits per heavy atom. The maximum absolute atomic E-state index is 5.76. The van der Waals surface area contributed by atoms with Crippen LogP contribution in [-0.4, -0.2) is 27.2 Å². The molecule has 0 aliphatic rings. The molecule has 2 rings (SSSR count). The second kappa shape index (κ2) is 4.71. The third kappa shape index (κ3) is 2.39. The fraction of sp³-hybridized carbons (Fsp3) is 0.500. The topological polar surface area (TPSA) is 68.2 Å². The van der Waals surface area contributed by atoms with Gasteiger partial charge < -0.3 is 11.1 Å². The summed E-state index contributed by atoms with van der Waals surface area (Å²) < 4.78 is 1.83. The van der Waals surface area contributed by atoms with Gasteiger partial charge in [0.05, 0.1) is 5.69 Å². The molecule has 0 spiro atoms. The van der Waals surface area contributed by atoms with Gasteiger partial charge in [-0.25, -0.2) is 9.50 Å². The van der Waals surface area contributed by atoms with Crippen molar-refractivity contribution in [3.8, 4) is 0 Å². The first-order chi connectivity index (χ1) is 8.11. The lowest BCUT2D eigenvalue weighted by Crippen LogP contribution is -2.34. The van der Waals surface area contributed by atoms with Crippen LogP contribution in [0.3, 0.4) is 0 Å². The van der Waals surface area contributed by atoms with Gasteiger partial charge in [-0.1, -0.05) is 13.8 Å². The molecule has 0 bridgehead atoms. The largest absolute Gasteiger partial charge is 0.364 e.